The van der Waals surface area contributed by atoms with Crippen LogP contribution in [0.2, 0.25) is 0 Å². The van der Waals surface area contributed by atoms with Crippen molar-refractivity contribution < 1.29 is 14.3 Å². The molecule has 3 heterocycles. The fraction of sp³-hybridized carbons (Fsp3) is 0.765. The van der Waals surface area contributed by atoms with Crippen molar-refractivity contribution in [2.24, 2.45) is 0 Å². The molecule has 3 rings (SSSR count). The number of thiazole rings is 1. The predicted molar refractivity (Wildman–Crippen MR) is 89.5 cm³/mol. The molecule has 1 aromatic heterocycles. The van der Waals surface area contributed by atoms with E-state index in [9.17, 15) is 4.79 Å². The van der Waals surface area contributed by atoms with Gasteiger partial charge in [-0.25, -0.2) is 4.98 Å². The number of hydrogen-bond donors (Lipinski definition) is 0. The van der Waals surface area contributed by atoms with Gasteiger partial charge in [0.2, 0.25) is 5.91 Å². The number of hydrogen-bond acceptors (Lipinski definition) is 5. The molecule has 128 valence electrons. The third kappa shape index (κ3) is 4.99. The first-order valence-corrected chi connectivity index (χ1v) is 9.50. The molecule has 2 atom stereocenters. The summed E-state index contributed by atoms with van der Waals surface area (Å²) in [5.74, 6) is 0.245. The number of aromatic nitrogens is 1. The summed E-state index contributed by atoms with van der Waals surface area (Å²) >= 11 is 1.64. The summed E-state index contributed by atoms with van der Waals surface area (Å²) < 4.78 is 11.6. The summed E-state index contributed by atoms with van der Waals surface area (Å²) in [7, 11) is 0. The Morgan fingerprint density at radius 2 is 2.39 bits per heavy atom. The molecule has 23 heavy (non-hydrogen) atoms. The number of aryl methyl sites for hydroxylation is 1. The van der Waals surface area contributed by atoms with Crippen LogP contribution in [0.1, 0.15) is 49.2 Å². The van der Waals surface area contributed by atoms with Gasteiger partial charge in [-0.3, -0.25) is 4.79 Å². The number of carbonyl (C=O) groups is 1. The number of ether oxygens (including phenoxy) is 2. The minimum absolute atomic E-state index is 0.145. The van der Waals surface area contributed by atoms with E-state index in [-0.39, 0.29) is 18.1 Å². The second kappa shape index (κ2) is 8.22. The van der Waals surface area contributed by atoms with E-state index >= 15 is 0 Å². The number of rotatable bonds is 6. The Labute approximate surface area is 142 Å². The predicted octanol–water partition coefficient (Wildman–Crippen LogP) is 2.92. The summed E-state index contributed by atoms with van der Waals surface area (Å²) in [5, 5.41) is 3.11. The maximum atomic E-state index is 12.3. The summed E-state index contributed by atoms with van der Waals surface area (Å²) in [6.45, 7) is 4.93. The minimum atomic E-state index is 0.145. The van der Waals surface area contributed by atoms with Crippen LogP contribution < -0.4 is 0 Å². The number of nitrogens with zero attached hydrogens (tertiary/aromatic N) is 2. The first-order chi connectivity index (χ1) is 11.2. The highest BCUT2D eigenvalue weighted by Gasteiger charge is 2.27. The fourth-order valence-electron chi connectivity index (χ4n) is 3.25. The smallest absolute Gasteiger partial charge is 0.222 e. The third-order valence-electron chi connectivity index (χ3n) is 4.59. The van der Waals surface area contributed by atoms with E-state index in [2.05, 4.69) is 4.98 Å². The van der Waals surface area contributed by atoms with Gasteiger partial charge in [0, 0.05) is 31.5 Å². The van der Waals surface area contributed by atoms with Crippen LogP contribution in [-0.4, -0.2) is 47.7 Å². The first-order valence-electron chi connectivity index (χ1n) is 8.62. The molecule has 2 aliphatic rings. The van der Waals surface area contributed by atoms with Gasteiger partial charge in [-0.1, -0.05) is 0 Å². The minimum Gasteiger partial charge on any atom is -0.378 e. The molecule has 0 saturated carbocycles. The number of carbonyl (C=O) groups excluding carboxylic acids is 1. The van der Waals surface area contributed by atoms with Crippen molar-refractivity contribution in [3.63, 3.8) is 0 Å². The molecule has 0 bridgehead atoms. The van der Waals surface area contributed by atoms with Crippen molar-refractivity contribution >= 4 is 17.2 Å². The molecule has 1 aromatic rings. The highest BCUT2D eigenvalue weighted by molar-refractivity contribution is 7.09. The van der Waals surface area contributed by atoms with E-state index in [1.165, 1.54) is 6.42 Å². The normalized spacial score (nSPS) is 25.0. The Morgan fingerprint density at radius 3 is 3.13 bits per heavy atom. The molecule has 0 unspecified atom stereocenters. The maximum Gasteiger partial charge on any atom is 0.222 e. The van der Waals surface area contributed by atoms with Crippen LogP contribution in [0.25, 0.3) is 0 Å². The van der Waals surface area contributed by atoms with Crippen LogP contribution >= 0.6 is 11.3 Å². The topological polar surface area (TPSA) is 51.7 Å². The first kappa shape index (κ1) is 16.9. The lowest BCUT2D eigenvalue weighted by atomic mass is 10.0. The maximum absolute atomic E-state index is 12.3. The van der Waals surface area contributed by atoms with Gasteiger partial charge in [0.15, 0.2) is 0 Å². The van der Waals surface area contributed by atoms with Crippen molar-refractivity contribution in [3.8, 4) is 0 Å². The second-order valence-electron chi connectivity index (χ2n) is 6.45. The van der Waals surface area contributed by atoms with Gasteiger partial charge in [0.25, 0.3) is 0 Å². The molecular formula is C17H26N2O3S. The van der Waals surface area contributed by atoms with E-state index in [1.807, 2.05) is 17.2 Å². The molecule has 0 aliphatic carbocycles. The van der Waals surface area contributed by atoms with Crippen LogP contribution in [0.5, 0.6) is 0 Å². The molecule has 2 aliphatic heterocycles. The van der Waals surface area contributed by atoms with Crippen LogP contribution in [0.4, 0.5) is 0 Å². The van der Waals surface area contributed by atoms with Crippen LogP contribution in [0.3, 0.4) is 0 Å². The van der Waals surface area contributed by atoms with E-state index < -0.39 is 0 Å². The molecule has 0 N–H and O–H groups in total. The van der Waals surface area contributed by atoms with Gasteiger partial charge < -0.3 is 14.4 Å². The van der Waals surface area contributed by atoms with Gasteiger partial charge >= 0.3 is 0 Å². The van der Waals surface area contributed by atoms with Crippen LogP contribution in [0.15, 0.2) is 5.38 Å². The van der Waals surface area contributed by atoms with Crippen molar-refractivity contribution in [2.45, 2.75) is 64.3 Å². The fourth-order valence-corrected chi connectivity index (χ4v) is 3.84. The van der Waals surface area contributed by atoms with Crippen LogP contribution in [-0.2, 0) is 20.9 Å². The summed E-state index contributed by atoms with van der Waals surface area (Å²) in [5.41, 5.74) is 0.992. The Morgan fingerprint density at radius 1 is 1.48 bits per heavy atom. The molecular weight excluding hydrogens is 312 g/mol. The lowest BCUT2D eigenvalue weighted by Crippen LogP contribution is -2.31. The molecule has 1 amide bonds. The molecule has 0 aromatic carbocycles. The lowest BCUT2D eigenvalue weighted by Gasteiger charge is -2.23. The summed E-state index contributed by atoms with van der Waals surface area (Å²) in [6.07, 6.45) is 6.31. The molecule has 5 nitrogen and oxygen atoms in total. The molecule has 6 heteroatoms. The van der Waals surface area contributed by atoms with Crippen molar-refractivity contribution in [2.75, 3.05) is 19.7 Å². The third-order valence-corrected chi connectivity index (χ3v) is 5.41. The van der Waals surface area contributed by atoms with Gasteiger partial charge in [0.05, 0.1) is 29.5 Å². The Balaban J connectivity index is 1.35. The number of likely N-dealkylation sites (tertiary alicyclic amines) is 1. The van der Waals surface area contributed by atoms with E-state index in [0.717, 1.165) is 49.5 Å². The zero-order chi connectivity index (χ0) is 16.1. The molecule has 0 spiro atoms. The van der Waals surface area contributed by atoms with Gasteiger partial charge in [-0.05, 0) is 39.0 Å². The van der Waals surface area contributed by atoms with Crippen LogP contribution in [0, 0.1) is 6.92 Å². The average molecular weight is 338 g/mol. The zero-order valence-corrected chi connectivity index (χ0v) is 14.6. The Kier molecular flexibility index (Phi) is 6.02. The quantitative estimate of drug-likeness (QED) is 0.800. The monoisotopic (exact) mass is 338 g/mol. The highest BCUT2D eigenvalue weighted by atomic mass is 32.1. The average Bonchev–Trinajstić information content (AvgIpc) is 3.20. The van der Waals surface area contributed by atoms with E-state index in [1.54, 1.807) is 11.3 Å². The number of amides is 1. The van der Waals surface area contributed by atoms with Gasteiger partial charge in [-0.15, -0.1) is 11.3 Å². The van der Waals surface area contributed by atoms with Crippen molar-refractivity contribution in [1.82, 2.24) is 9.88 Å². The standard InChI is InChI=1S/C17H26N2O3S/c1-13-18-14(12-23-13)11-22-16-7-8-19(10-16)17(20)6-5-15-4-2-3-9-21-15/h12,15-16H,2-11H2,1H3/t15-,16-/m0/s1. The Bertz CT molecular complexity index is 514. The molecule has 2 fully saturated rings. The highest BCUT2D eigenvalue weighted by Crippen LogP contribution is 2.20. The van der Waals surface area contributed by atoms with Crippen molar-refractivity contribution in [1.29, 1.82) is 0 Å². The Hall–Kier alpha value is -0.980. The zero-order valence-electron chi connectivity index (χ0n) is 13.8. The van der Waals surface area contributed by atoms with E-state index in [0.29, 0.717) is 19.6 Å². The summed E-state index contributed by atoms with van der Waals surface area (Å²) in [4.78, 5) is 18.7. The molecule has 2 saturated heterocycles. The second-order valence-corrected chi connectivity index (χ2v) is 7.51. The van der Waals surface area contributed by atoms with Gasteiger partial charge in [0.1, 0.15) is 0 Å². The van der Waals surface area contributed by atoms with Gasteiger partial charge in [-0.2, -0.15) is 0 Å². The largest absolute Gasteiger partial charge is 0.378 e. The lowest BCUT2D eigenvalue weighted by molar-refractivity contribution is -0.131. The van der Waals surface area contributed by atoms with E-state index in [4.69, 9.17) is 9.47 Å². The van der Waals surface area contributed by atoms with Crippen molar-refractivity contribution in [3.05, 3.63) is 16.1 Å². The summed E-state index contributed by atoms with van der Waals surface area (Å²) in [6, 6.07) is 0. The SMILES string of the molecule is Cc1nc(CO[C@H]2CCN(C(=O)CC[C@@H]3CCCCO3)C2)cs1. The molecule has 0 radical (unpaired) electrons.